The Morgan fingerprint density at radius 2 is 2.36 bits per heavy atom. The Labute approximate surface area is 88.7 Å². The lowest BCUT2D eigenvalue weighted by Crippen LogP contribution is -1.96. The van der Waals surface area contributed by atoms with Crippen LogP contribution < -0.4 is 0 Å². The Kier molecular flexibility index (Phi) is 2.60. The predicted octanol–water partition coefficient (Wildman–Crippen LogP) is 2.50. The quantitative estimate of drug-likeness (QED) is 0.873. The van der Waals surface area contributed by atoms with E-state index < -0.39 is 5.97 Å². The van der Waals surface area contributed by atoms with Gasteiger partial charge in [-0.1, -0.05) is 0 Å². The molecule has 5 heteroatoms. The number of carboxylic acid groups (broad SMARTS) is 1. The first-order valence-electron chi connectivity index (χ1n) is 3.95. The summed E-state index contributed by atoms with van der Waals surface area (Å²) in [4.78, 5) is 16.5. The third-order valence-corrected chi connectivity index (χ3v) is 3.37. The van der Waals surface area contributed by atoms with E-state index in [4.69, 9.17) is 5.11 Å². The van der Waals surface area contributed by atoms with Crippen molar-refractivity contribution in [2.24, 2.45) is 0 Å². The Hall–Kier alpha value is -1.20. The fraction of sp³-hybridized carbons (Fsp3) is 0.111. The van der Waals surface area contributed by atoms with E-state index >= 15 is 0 Å². The number of carbonyl (C=O) groups is 1. The lowest BCUT2D eigenvalue weighted by molar-refractivity contribution is -0.136. The molecule has 0 aliphatic carbocycles. The molecule has 3 nitrogen and oxygen atoms in total. The SMILES string of the molecule is O=C(O)Cc1ccc(-c2cscn2)s1. The highest BCUT2D eigenvalue weighted by Gasteiger charge is 2.06. The van der Waals surface area contributed by atoms with Crippen LogP contribution in [0.2, 0.25) is 0 Å². The molecule has 0 bridgehead atoms. The van der Waals surface area contributed by atoms with Crippen LogP contribution in [0.5, 0.6) is 0 Å². The molecule has 0 saturated carbocycles. The van der Waals surface area contributed by atoms with E-state index in [1.165, 1.54) is 22.7 Å². The molecule has 0 aliphatic heterocycles. The fourth-order valence-electron chi connectivity index (χ4n) is 1.09. The average Bonchev–Trinajstić information content (AvgIpc) is 2.69. The minimum Gasteiger partial charge on any atom is -0.481 e. The van der Waals surface area contributed by atoms with E-state index in [0.717, 1.165) is 15.4 Å². The van der Waals surface area contributed by atoms with Crippen LogP contribution >= 0.6 is 22.7 Å². The largest absolute Gasteiger partial charge is 0.481 e. The molecular formula is C9H7NO2S2. The van der Waals surface area contributed by atoms with Gasteiger partial charge in [0.15, 0.2) is 0 Å². The van der Waals surface area contributed by atoms with Crippen molar-refractivity contribution in [1.82, 2.24) is 4.98 Å². The Morgan fingerprint density at radius 3 is 3.00 bits per heavy atom. The van der Waals surface area contributed by atoms with Crippen molar-refractivity contribution in [2.75, 3.05) is 0 Å². The number of aliphatic carboxylic acids is 1. The van der Waals surface area contributed by atoms with Gasteiger partial charge >= 0.3 is 5.97 Å². The molecule has 0 amide bonds. The smallest absolute Gasteiger partial charge is 0.308 e. The summed E-state index contributed by atoms with van der Waals surface area (Å²) in [5.74, 6) is -0.795. The molecule has 0 fully saturated rings. The Bertz CT molecular complexity index is 433. The van der Waals surface area contributed by atoms with Gasteiger partial charge in [-0.05, 0) is 12.1 Å². The van der Waals surface area contributed by atoms with Gasteiger partial charge < -0.3 is 5.11 Å². The summed E-state index contributed by atoms with van der Waals surface area (Å²) in [5, 5.41) is 10.6. The van der Waals surface area contributed by atoms with E-state index in [-0.39, 0.29) is 6.42 Å². The van der Waals surface area contributed by atoms with E-state index in [0.29, 0.717) is 0 Å². The zero-order chi connectivity index (χ0) is 9.97. The highest BCUT2D eigenvalue weighted by molar-refractivity contribution is 7.16. The van der Waals surface area contributed by atoms with Gasteiger partial charge in [0.05, 0.1) is 22.5 Å². The van der Waals surface area contributed by atoms with Gasteiger partial charge in [0.1, 0.15) is 0 Å². The van der Waals surface area contributed by atoms with Crippen molar-refractivity contribution < 1.29 is 9.90 Å². The molecule has 0 saturated heterocycles. The number of aromatic nitrogens is 1. The molecular weight excluding hydrogens is 218 g/mol. The average molecular weight is 225 g/mol. The molecule has 0 aliphatic rings. The lowest BCUT2D eigenvalue weighted by Gasteiger charge is -1.88. The summed E-state index contributed by atoms with van der Waals surface area (Å²) >= 11 is 3.02. The van der Waals surface area contributed by atoms with Gasteiger partial charge in [-0.15, -0.1) is 22.7 Å². The minimum atomic E-state index is -0.795. The van der Waals surface area contributed by atoms with Crippen LogP contribution in [-0.4, -0.2) is 16.1 Å². The number of rotatable bonds is 3. The summed E-state index contributed by atoms with van der Waals surface area (Å²) in [6.45, 7) is 0. The van der Waals surface area contributed by atoms with Crippen LogP contribution in [0.3, 0.4) is 0 Å². The molecule has 2 rings (SSSR count). The zero-order valence-corrected chi connectivity index (χ0v) is 8.77. The number of hydrogen-bond acceptors (Lipinski definition) is 4. The molecule has 2 aromatic rings. The monoisotopic (exact) mass is 225 g/mol. The highest BCUT2D eigenvalue weighted by atomic mass is 32.1. The summed E-state index contributed by atoms with van der Waals surface area (Å²) in [7, 11) is 0. The van der Waals surface area contributed by atoms with Gasteiger partial charge in [-0.25, -0.2) is 4.98 Å². The third kappa shape index (κ3) is 2.00. The van der Waals surface area contributed by atoms with Crippen LogP contribution in [0.15, 0.2) is 23.0 Å². The van der Waals surface area contributed by atoms with Crippen LogP contribution in [0, 0.1) is 0 Å². The van der Waals surface area contributed by atoms with Crippen LogP contribution in [0.1, 0.15) is 4.88 Å². The van der Waals surface area contributed by atoms with Crippen LogP contribution in [0.25, 0.3) is 10.6 Å². The lowest BCUT2D eigenvalue weighted by atomic mass is 10.3. The number of nitrogens with zero attached hydrogens (tertiary/aromatic N) is 1. The number of thiazole rings is 1. The molecule has 2 aromatic heterocycles. The van der Waals surface area contributed by atoms with Crippen molar-refractivity contribution in [3.63, 3.8) is 0 Å². The van der Waals surface area contributed by atoms with Gasteiger partial charge in [0, 0.05) is 10.3 Å². The summed E-state index contributed by atoms with van der Waals surface area (Å²) in [5.41, 5.74) is 2.70. The van der Waals surface area contributed by atoms with Crippen molar-refractivity contribution >= 4 is 28.6 Å². The van der Waals surface area contributed by atoms with Gasteiger partial charge in [-0.3, -0.25) is 4.79 Å². The molecule has 0 atom stereocenters. The van der Waals surface area contributed by atoms with Gasteiger partial charge in [0.2, 0.25) is 0 Å². The molecule has 72 valence electrons. The molecule has 0 spiro atoms. The zero-order valence-electron chi connectivity index (χ0n) is 7.14. The molecule has 0 unspecified atom stereocenters. The van der Waals surface area contributed by atoms with Gasteiger partial charge in [-0.2, -0.15) is 0 Å². The van der Waals surface area contributed by atoms with Gasteiger partial charge in [0.25, 0.3) is 0 Å². The van der Waals surface area contributed by atoms with Crippen molar-refractivity contribution in [3.05, 3.63) is 27.9 Å². The highest BCUT2D eigenvalue weighted by Crippen LogP contribution is 2.27. The Morgan fingerprint density at radius 1 is 1.50 bits per heavy atom. The summed E-state index contributed by atoms with van der Waals surface area (Å²) < 4.78 is 0. The molecule has 0 radical (unpaired) electrons. The maximum absolute atomic E-state index is 10.5. The maximum Gasteiger partial charge on any atom is 0.308 e. The van der Waals surface area contributed by atoms with E-state index in [9.17, 15) is 4.79 Å². The van der Waals surface area contributed by atoms with Crippen LogP contribution in [0.4, 0.5) is 0 Å². The molecule has 2 heterocycles. The van der Waals surface area contributed by atoms with E-state index in [1.54, 1.807) is 5.51 Å². The third-order valence-electron chi connectivity index (χ3n) is 1.67. The first-order chi connectivity index (χ1) is 6.75. The maximum atomic E-state index is 10.5. The second kappa shape index (κ2) is 3.89. The van der Waals surface area contributed by atoms with Crippen molar-refractivity contribution in [3.8, 4) is 10.6 Å². The normalized spacial score (nSPS) is 10.3. The van der Waals surface area contributed by atoms with E-state index in [1.807, 2.05) is 17.5 Å². The van der Waals surface area contributed by atoms with Crippen molar-refractivity contribution in [2.45, 2.75) is 6.42 Å². The van der Waals surface area contributed by atoms with Crippen molar-refractivity contribution in [1.29, 1.82) is 0 Å². The molecule has 1 N–H and O–H groups in total. The second-order valence-electron chi connectivity index (χ2n) is 2.71. The second-order valence-corrected chi connectivity index (χ2v) is 4.60. The molecule has 14 heavy (non-hydrogen) atoms. The minimum absolute atomic E-state index is 0.0921. The summed E-state index contributed by atoms with van der Waals surface area (Å²) in [6.07, 6.45) is 0.0921. The molecule has 0 aromatic carbocycles. The van der Waals surface area contributed by atoms with E-state index in [2.05, 4.69) is 4.98 Å². The number of hydrogen-bond donors (Lipinski definition) is 1. The Balaban J connectivity index is 2.22. The number of carboxylic acids is 1. The van der Waals surface area contributed by atoms with Crippen LogP contribution in [-0.2, 0) is 11.2 Å². The summed E-state index contributed by atoms with van der Waals surface area (Å²) in [6, 6.07) is 3.76. The topological polar surface area (TPSA) is 50.2 Å². The number of thiophene rings is 1. The fourth-order valence-corrected chi connectivity index (χ4v) is 2.69. The standard InChI is InChI=1S/C9H7NO2S2/c11-9(12)3-6-1-2-8(14-6)7-4-13-5-10-7/h1-2,4-5H,3H2,(H,11,12). The first kappa shape index (κ1) is 9.36. The predicted molar refractivity (Wildman–Crippen MR) is 56.8 cm³/mol. The first-order valence-corrected chi connectivity index (χ1v) is 5.70.